The number of aryl methyl sites for hydroxylation is 3. The molecule has 0 aliphatic rings. The van der Waals surface area contributed by atoms with Crippen molar-refractivity contribution >= 4 is 0 Å². The molecule has 0 aliphatic carbocycles. The standard InChI is InChI=1S/C17H20FNO/c1-10-8-12(3)13(9-11(10)2)17(19)16-14(18)6-5-7-15(16)20-4/h5-9,17H,19H2,1-4H3. The number of rotatable bonds is 3. The van der Waals surface area contributed by atoms with Crippen molar-refractivity contribution in [3.05, 3.63) is 64.0 Å². The van der Waals surface area contributed by atoms with E-state index >= 15 is 0 Å². The summed E-state index contributed by atoms with van der Waals surface area (Å²) in [5, 5.41) is 0. The third-order valence-electron chi connectivity index (χ3n) is 3.76. The topological polar surface area (TPSA) is 35.2 Å². The number of ether oxygens (including phenoxy) is 1. The molecule has 0 saturated carbocycles. The summed E-state index contributed by atoms with van der Waals surface area (Å²) in [6.45, 7) is 6.08. The monoisotopic (exact) mass is 273 g/mol. The second kappa shape index (κ2) is 5.63. The van der Waals surface area contributed by atoms with Crippen LogP contribution >= 0.6 is 0 Å². The average molecular weight is 273 g/mol. The Hall–Kier alpha value is -1.87. The fourth-order valence-electron chi connectivity index (χ4n) is 2.47. The number of hydrogen-bond donors (Lipinski definition) is 1. The minimum absolute atomic E-state index is 0.338. The largest absolute Gasteiger partial charge is 0.496 e. The molecular weight excluding hydrogens is 253 g/mol. The Morgan fingerprint density at radius 3 is 2.35 bits per heavy atom. The highest BCUT2D eigenvalue weighted by molar-refractivity contribution is 5.46. The highest BCUT2D eigenvalue weighted by atomic mass is 19.1. The van der Waals surface area contributed by atoms with Gasteiger partial charge in [0.05, 0.1) is 18.7 Å². The van der Waals surface area contributed by atoms with Gasteiger partial charge in [0.25, 0.3) is 0 Å². The van der Waals surface area contributed by atoms with Crippen LogP contribution in [-0.4, -0.2) is 7.11 Å². The van der Waals surface area contributed by atoms with Gasteiger partial charge in [-0.3, -0.25) is 0 Å². The van der Waals surface area contributed by atoms with Gasteiger partial charge in [0.1, 0.15) is 11.6 Å². The normalized spacial score (nSPS) is 12.3. The van der Waals surface area contributed by atoms with Crippen molar-refractivity contribution in [1.29, 1.82) is 0 Å². The van der Waals surface area contributed by atoms with Crippen molar-refractivity contribution in [1.82, 2.24) is 0 Å². The van der Waals surface area contributed by atoms with E-state index in [-0.39, 0.29) is 5.82 Å². The molecular formula is C17H20FNO. The third-order valence-corrected chi connectivity index (χ3v) is 3.76. The summed E-state index contributed by atoms with van der Waals surface area (Å²) in [7, 11) is 1.53. The first-order valence-corrected chi connectivity index (χ1v) is 6.61. The zero-order valence-corrected chi connectivity index (χ0v) is 12.3. The number of methoxy groups -OCH3 is 1. The van der Waals surface area contributed by atoms with E-state index in [9.17, 15) is 4.39 Å². The maximum atomic E-state index is 14.1. The van der Waals surface area contributed by atoms with Crippen molar-refractivity contribution in [3.8, 4) is 5.75 Å². The highest BCUT2D eigenvalue weighted by Gasteiger charge is 2.20. The second-order valence-corrected chi connectivity index (χ2v) is 5.13. The van der Waals surface area contributed by atoms with Crippen molar-refractivity contribution in [3.63, 3.8) is 0 Å². The smallest absolute Gasteiger partial charge is 0.132 e. The summed E-state index contributed by atoms with van der Waals surface area (Å²) in [5.74, 6) is 0.143. The first kappa shape index (κ1) is 14.5. The van der Waals surface area contributed by atoms with Crippen LogP contribution in [0.25, 0.3) is 0 Å². The first-order valence-electron chi connectivity index (χ1n) is 6.61. The Labute approximate surface area is 119 Å². The van der Waals surface area contributed by atoms with Gasteiger partial charge in [0.15, 0.2) is 0 Å². The Balaban J connectivity index is 2.57. The lowest BCUT2D eigenvalue weighted by Gasteiger charge is -2.20. The quantitative estimate of drug-likeness (QED) is 0.923. The van der Waals surface area contributed by atoms with Crippen LogP contribution in [0.1, 0.15) is 33.9 Å². The van der Waals surface area contributed by atoms with Crippen LogP contribution in [0.2, 0.25) is 0 Å². The number of hydrogen-bond acceptors (Lipinski definition) is 2. The van der Waals surface area contributed by atoms with E-state index in [4.69, 9.17) is 10.5 Å². The third kappa shape index (κ3) is 2.54. The van der Waals surface area contributed by atoms with E-state index in [1.165, 1.54) is 18.7 Å². The average Bonchev–Trinajstić information content (AvgIpc) is 2.41. The number of benzene rings is 2. The summed E-state index contributed by atoms with van der Waals surface area (Å²) < 4.78 is 19.4. The van der Waals surface area contributed by atoms with Crippen molar-refractivity contribution in [2.24, 2.45) is 5.73 Å². The van der Waals surface area contributed by atoms with Crippen LogP contribution in [0.15, 0.2) is 30.3 Å². The zero-order valence-electron chi connectivity index (χ0n) is 12.3. The number of halogens is 1. The lowest BCUT2D eigenvalue weighted by molar-refractivity contribution is 0.402. The minimum Gasteiger partial charge on any atom is -0.496 e. The maximum absolute atomic E-state index is 14.1. The van der Waals surface area contributed by atoms with Gasteiger partial charge in [-0.05, 0) is 55.2 Å². The molecule has 3 heteroatoms. The maximum Gasteiger partial charge on any atom is 0.132 e. The molecule has 106 valence electrons. The molecule has 0 radical (unpaired) electrons. The Morgan fingerprint density at radius 1 is 1.05 bits per heavy atom. The molecule has 2 rings (SSSR count). The molecule has 0 spiro atoms. The Bertz CT molecular complexity index is 637. The molecule has 0 aromatic heterocycles. The molecule has 0 heterocycles. The van der Waals surface area contributed by atoms with Crippen LogP contribution in [0, 0.1) is 26.6 Å². The molecule has 0 saturated heterocycles. The summed E-state index contributed by atoms with van der Waals surface area (Å²) in [6, 6.07) is 8.34. The summed E-state index contributed by atoms with van der Waals surface area (Å²) in [6.07, 6.45) is 0. The first-order chi connectivity index (χ1) is 9.45. The zero-order chi connectivity index (χ0) is 14.9. The molecule has 0 amide bonds. The lowest BCUT2D eigenvalue weighted by Crippen LogP contribution is -2.16. The summed E-state index contributed by atoms with van der Waals surface area (Å²) in [4.78, 5) is 0. The van der Waals surface area contributed by atoms with Gasteiger partial charge in [-0.1, -0.05) is 18.2 Å². The van der Waals surface area contributed by atoms with Gasteiger partial charge < -0.3 is 10.5 Å². The predicted octanol–water partition coefficient (Wildman–Crippen LogP) is 3.81. The van der Waals surface area contributed by atoms with Gasteiger partial charge in [-0.15, -0.1) is 0 Å². The number of nitrogens with two attached hydrogens (primary N) is 1. The van der Waals surface area contributed by atoms with Crippen molar-refractivity contribution in [2.45, 2.75) is 26.8 Å². The predicted molar refractivity (Wildman–Crippen MR) is 79.6 cm³/mol. The van der Waals surface area contributed by atoms with E-state index in [2.05, 4.69) is 13.0 Å². The molecule has 1 unspecified atom stereocenters. The van der Waals surface area contributed by atoms with Crippen molar-refractivity contribution in [2.75, 3.05) is 7.11 Å². The molecule has 0 aliphatic heterocycles. The fraction of sp³-hybridized carbons (Fsp3) is 0.294. The molecule has 2 nitrogen and oxygen atoms in total. The van der Waals surface area contributed by atoms with Crippen LogP contribution < -0.4 is 10.5 Å². The van der Waals surface area contributed by atoms with Crippen molar-refractivity contribution < 1.29 is 9.13 Å². The molecule has 2 aromatic carbocycles. The highest BCUT2D eigenvalue weighted by Crippen LogP contribution is 2.32. The second-order valence-electron chi connectivity index (χ2n) is 5.13. The molecule has 0 fully saturated rings. The van der Waals surface area contributed by atoms with Gasteiger partial charge in [-0.2, -0.15) is 0 Å². The Morgan fingerprint density at radius 2 is 1.70 bits per heavy atom. The molecule has 20 heavy (non-hydrogen) atoms. The molecule has 1 atom stereocenters. The van der Waals surface area contributed by atoms with E-state index in [0.29, 0.717) is 11.3 Å². The van der Waals surface area contributed by atoms with Gasteiger partial charge in [0, 0.05) is 0 Å². The van der Waals surface area contributed by atoms with Gasteiger partial charge in [-0.25, -0.2) is 4.39 Å². The Kier molecular flexibility index (Phi) is 4.09. The SMILES string of the molecule is COc1cccc(F)c1C(N)c1cc(C)c(C)cc1C. The fourth-order valence-corrected chi connectivity index (χ4v) is 2.47. The molecule has 0 bridgehead atoms. The van der Waals surface area contributed by atoms with Gasteiger partial charge >= 0.3 is 0 Å². The van der Waals surface area contributed by atoms with Crippen LogP contribution in [0.5, 0.6) is 5.75 Å². The van der Waals surface area contributed by atoms with E-state index in [1.54, 1.807) is 12.1 Å². The van der Waals surface area contributed by atoms with E-state index in [1.807, 2.05) is 19.9 Å². The van der Waals surface area contributed by atoms with E-state index in [0.717, 1.165) is 16.7 Å². The molecule has 2 N–H and O–H groups in total. The van der Waals surface area contributed by atoms with Crippen LogP contribution in [-0.2, 0) is 0 Å². The lowest BCUT2D eigenvalue weighted by atomic mass is 9.91. The minimum atomic E-state index is -0.537. The molecule has 2 aromatic rings. The van der Waals surface area contributed by atoms with Crippen LogP contribution in [0.3, 0.4) is 0 Å². The van der Waals surface area contributed by atoms with Gasteiger partial charge in [0.2, 0.25) is 0 Å². The summed E-state index contributed by atoms with van der Waals surface area (Å²) >= 11 is 0. The van der Waals surface area contributed by atoms with Crippen LogP contribution in [0.4, 0.5) is 4.39 Å². The summed E-state index contributed by atoms with van der Waals surface area (Å²) in [5.41, 5.74) is 11.0. The van der Waals surface area contributed by atoms with E-state index < -0.39 is 6.04 Å².